The van der Waals surface area contributed by atoms with E-state index in [0.717, 1.165) is 18.4 Å². The molecule has 0 unspecified atom stereocenters. The molecule has 0 aromatic carbocycles. The van der Waals surface area contributed by atoms with Crippen LogP contribution in [0, 0.1) is 5.82 Å². The molecular formula is C10H15BrFN3. The smallest absolute Gasteiger partial charge is 0.187 e. The van der Waals surface area contributed by atoms with Crippen LogP contribution in [0.1, 0.15) is 19.5 Å². The Morgan fingerprint density at radius 1 is 1.40 bits per heavy atom. The number of halogens is 2. The zero-order valence-electron chi connectivity index (χ0n) is 9.00. The molecule has 0 N–H and O–H groups in total. The third-order valence-corrected chi connectivity index (χ3v) is 2.57. The summed E-state index contributed by atoms with van der Waals surface area (Å²) in [7, 11) is 0. The second-order valence-corrected chi connectivity index (χ2v) is 3.87. The molecule has 0 radical (unpaired) electrons. The lowest BCUT2D eigenvalue weighted by molar-refractivity contribution is 0.586. The average molecular weight is 276 g/mol. The van der Waals surface area contributed by atoms with E-state index in [1.807, 2.05) is 18.7 Å². The van der Waals surface area contributed by atoms with Crippen LogP contribution in [0.25, 0.3) is 0 Å². The van der Waals surface area contributed by atoms with Gasteiger partial charge in [0.25, 0.3) is 0 Å². The minimum atomic E-state index is -0.289. The number of hydrogen-bond donors (Lipinski definition) is 0. The molecule has 0 bridgehead atoms. The van der Waals surface area contributed by atoms with E-state index in [9.17, 15) is 4.39 Å². The predicted molar refractivity (Wildman–Crippen MR) is 63.0 cm³/mol. The van der Waals surface area contributed by atoms with Gasteiger partial charge < -0.3 is 4.90 Å². The SMILES string of the molecule is CCc1ncnc(N(CC)CCBr)c1F. The summed E-state index contributed by atoms with van der Waals surface area (Å²) >= 11 is 3.34. The molecule has 0 fully saturated rings. The summed E-state index contributed by atoms with van der Waals surface area (Å²) in [6.45, 7) is 5.35. The van der Waals surface area contributed by atoms with Crippen molar-refractivity contribution in [1.29, 1.82) is 0 Å². The Balaban J connectivity index is 3.01. The van der Waals surface area contributed by atoms with E-state index in [-0.39, 0.29) is 5.82 Å². The largest absolute Gasteiger partial charge is 0.354 e. The van der Waals surface area contributed by atoms with Gasteiger partial charge in [0.1, 0.15) is 6.33 Å². The first-order valence-corrected chi connectivity index (χ1v) is 6.17. The molecule has 0 amide bonds. The first-order chi connectivity index (χ1) is 7.24. The molecular weight excluding hydrogens is 261 g/mol. The fraction of sp³-hybridized carbons (Fsp3) is 0.600. The van der Waals surface area contributed by atoms with Crippen LogP contribution < -0.4 is 4.90 Å². The number of rotatable bonds is 5. The van der Waals surface area contributed by atoms with Crippen molar-refractivity contribution in [3.05, 3.63) is 17.8 Å². The molecule has 1 heterocycles. The molecule has 0 saturated heterocycles. The molecule has 0 aliphatic carbocycles. The summed E-state index contributed by atoms with van der Waals surface area (Å²) < 4.78 is 13.9. The topological polar surface area (TPSA) is 29.0 Å². The van der Waals surface area contributed by atoms with Crippen molar-refractivity contribution >= 4 is 21.7 Å². The number of aryl methyl sites for hydroxylation is 1. The Bertz CT molecular complexity index is 320. The molecule has 0 aliphatic rings. The van der Waals surface area contributed by atoms with E-state index >= 15 is 0 Å². The number of hydrogen-bond acceptors (Lipinski definition) is 3. The standard InChI is InChI=1S/C10H15BrFN3/c1-3-8-9(12)10(14-7-13-8)15(4-2)6-5-11/h7H,3-6H2,1-2H3. The average Bonchev–Trinajstić information content (AvgIpc) is 2.27. The van der Waals surface area contributed by atoms with Crippen LogP contribution in [0.15, 0.2) is 6.33 Å². The summed E-state index contributed by atoms with van der Waals surface area (Å²) in [5.41, 5.74) is 0.480. The van der Waals surface area contributed by atoms with E-state index < -0.39 is 0 Å². The summed E-state index contributed by atoms with van der Waals surface area (Å²) in [5.74, 6) is 0.117. The van der Waals surface area contributed by atoms with Gasteiger partial charge in [-0.25, -0.2) is 14.4 Å². The number of anilines is 1. The van der Waals surface area contributed by atoms with Gasteiger partial charge in [0.2, 0.25) is 0 Å². The van der Waals surface area contributed by atoms with Gasteiger partial charge in [-0.1, -0.05) is 22.9 Å². The maximum atomic E-state index is 13.9. The Morgan fingerprint density at radius 2 is 2.13 bits per heavy atom. The van der Waals surface area contributed by atoms with Crippen molar-refractivity contribution in [2.24, 2.45) is 0 Å². The third kappa shape index (κ3) is 2.87. The molecule has 1 aromatic rings. The van der Waals surface area contributed by atoms with Crippen LogP contribution in [0.4, 0.5) is 10.2 Å². The molecule has 1 rings (SSSR count). The monoisotopic (exact) mass is 275 g/mol. The van der Waals surface area contributed by atoms with Crippen molar-refractivity contribution in [2.45, 2.75) is 20.3 Å². The van der Waals surface area contributed by atoms with Gasteiger partial charge >= 0.3 is 0 Å². The van der Waals surface area contributed by atoms with Crippen molar-refractivity contribution in [3.63, 3.8) is 0 Å². The van der Waals surface area contributed by atoms with Crippen LogP contribution in [-0.4, -0.2) is 28.4 Å². The molecule has 84 valence electrons. The first kappa shape index (κ1) is 12.4. The predicted octanol–water partition coefficient (Wildman–Crippen LogP) is 2.40. The highest BCUT2D eigenvalue weighted by Crippen LogP contribution is 2.17. The molecule has 0 spiro atoms. The Morgan fingerprint density at radius 3 is 2.67 bits per heavy atom. The van der Waals surface area contributed by atoms with E-state index in [4.69, 9.17) is 0 Å². The molecule has 3 nitrogen and oxygen atoms in total. The lowest BCUT2D eigenvalue weighted by Crippen LogP contribution is -2.27. The normalized spacial score (nSPS) is 10.4. The van der Waals surface area contributed by atoms with Gasteiger partial charge in [-0.2, -0.15) is 0 Å². The van der Waals surface area contributed by atoms with Gasteiger partial charge in [0.15, 0.2) is 11.6 Å². The maximum Gasteiger partial charge on any atom is 0.187 e. The molecule has 15 heavy (non-hydrogen) atoms. The summed E-state index contributed by atoms with van der Waals surface area (Å²) in [5, 5.41) is 0.797. The zero-order valence-corrected chi connectivity index (χ0v) is 10.6. The van der Waals surface area contributed by atoms with Crippen LogP contribution in [0.3, 0.4) is 0 Å². The van der Waals surface area contributed by atoms with Crippen molar-refractivity contribution in [2.75, 3.05) is 23.3 Å². The number of nitrogens with zero attached hydrogens (tertiary/aromatic N) is 3. The van der Waals surface area contributed by atoms with E-state index in [1.54, 1.807) is 0 Å². The quantitative estimate of drug-likeness (QED) is 0.773. The van der Waals surface area contributed by atoms with Gasteiger partial charge in [-0.15, -0.1) is 0 Å². The van der Waals surface area contributed by atoms with Gasteiger partial charge in [-0.3, -0.25) is 0 Å². The lowest BCUT2D eigenvalue weighted by Gasteiger charge is -2.21. The highest BCUT2D eigenvalue weighted by atomic mass is 79.9. The maximum absolute atomic E-state index is 13.9. The molecule has 0 saturated carbocycles. The fourth-order valence-corrected chi connectivity index (χ4v) is 1.81. The summed E-state index contributed by atoms with van der Waals surface area (Å²) in [4.78, 5) is 9.80. The Kier molecular flexibility index (Phi) is 4.94. The van der Waals surface area contributed by atoms with Crippen LogP contribution in [0.2, 0.25) is 0 Å². The Labute approximate surface area is 97.9 Å². The van der Waals surface area contributed by atoms with E-state index in [1.165, 1.54) is 6.33 Å². The van der Waals surface area contributed by atoms with Crippen LogP contribution in [-0.2, 0) is 6.42 Å². The van der Waals surface area contributed by atoms with Gasteiger partial charge in [-0.05, 0) is 13.3 Å². The van der Waals surface area contributed by atoms with E-state index in [0.29, 0.717) is 17.9 Å². The van der Waals surface area contributed by atoms with Gasteiger partial charge in [0.05, 0.1) is 5.69 Å². The summed E-state index contributed by atoms with van der Waals surface area (Å²) in [6.07, 6.45) is 2.02. The first-order valence-electron chi connectivity index (χ1n) is 5.04. The van der Waals surface area contributed by atoms with Gasteiger partial charge in [0, 0.05) is 18.4 Å². The zero-order chi connectivity index (χ0) is 11.3. The van der Waals surface area contributed by atoms with E-state index in [2.05, 4.69) is 25.9 Å². The van der Waals surface area contributed by atoms with Crippen molar-refractivity contribution in [3.8, 4) is 0 Å². The fourth-order valence-electron chi connectivity index (χ4n) is 1.38. The minimum absolute atomic E-state index is 0.289. The Hall–Kier alpha value is -0.710. The highest BCUT2D eigenvalue weighted by Gasteiger charge is 2.14. The molecule has 0 aliphatic heterocycles. The van der Waals surface area contributed by atoms with Crippen molar-refractivity contribution < 1.29 is 4.39 Å². The molecule has 5 heteroatoms. The number of aromatic nitrogens is 2. The van der Waals surface area contributed by atoms with Crippen LogP contribution in [0.5, 0.6) is 0 Å². The second kappa shape index (κ2) is 6.00. The third-order valence-electron chi connectivity index (χ3n) is 2.21. The highest BCUT2D eigenvalue weighted by molar-refractivity contribution is 9.09. The number of alkyl halides is 1. The van der Waals surface area contributed by atoms with Crippen molar-refractivity contribution in [1.82, 2.24) is 9.97 Å². The molecule has 1 aromatic heterocycles. The molecule has 0 atom stereocenters. The van der Waals surface area contributed by atoms with Crippen LogP contribution >= 0.6 is 15.9 Å². The second-order valence-electron chi connectivity index (χ2n) is 3.08. The summed E-state index contributed by atoms with van der Waals surface area (Å²) in [6, 6.07) is 0. The minimum Gasteiger partial charge on any atom is -0.354 e. The lowest BCUT2D eigenvalue weighted by atomic mass is 10.3.